The number of hydrogen-bond acceptors (Lipinski definition) is 4. The lowest BCUT2D eigenvalue weighted by Crippen LogP contribution is -2.66. The lowest BCUT2D eigenvalue weighted by atomic mass is 10.0. The van der Waals surface area contributed by atoms with Gasteiger partial charge in [-0.3, -0.25) is 14.3 Å². The molecule has 1 aromatic heterocycles. The maximum atomic E-state index is 12.8. The molecule has 0 bridgehead atoms. The van der Waals surface area contributed by atoms with Crippen molar-refractivity contribution in [3.05, 3.63) is 128 Å². The Morgan fingerprint density at radius 2 is 1.38 bits per heavy atom. The third-order valence-electron chi connectivity index (χ3n) is 7.83. The standard InChI is InChI=1S/C38H42N2O4Si/c1-7-34-35(27-31-25-29(2)24-30(3)26-31)40(37(42)39-36(34)41)28-43-22-16-8-9-17-23-44-45(38(4,5)6,32-18-12-10-13-19-32)33-20-14-11-15-21-33/h10-15,18-21,24-26H,7,22-23,27-28H2,1-6H3,(H,39,41,42). The van der Waals surface area contributed by atoms with Gasteiger partial charge in [-0.25, -0.2) is 4.79 Å². The van der Waals surface area contributed by atoms with Crippen molar-refractivity contribution in [3.8, 4) is 23.7 Å². The molecule has 0 saturated carbocycles. The molecule has 0 aliphatic heterocycles. The number of aromatic amines is 1. The van der Waals surface area contributed by atoms with Crippen molar-refractivity contribution in [3.63, 3.8) is 0 Å². The highest BCUT2D eigenvalue weighted by molar-refractivity contribution is 6.99. The summed E-state index contributed by atoms with van der Waals surface area (Å²) in [5.74, 6) is 11.7. The minimum atomic E-state index is -2.66. The Hall–Kier alpha value is -4.40. The van der Waals surface area contributed by atoms with Crippen molar-refractivity contribution >= 4 is 18.7 Å². The van der Waals surface area contributed by atoms with Gasteiger partial charge in [0.1, 0.15) is 13.3 Å². The summed E-state index contributed by atoms with van der Waals surface area (Å²) in [6.07, 6.45) is 0.956. The number of benzene rings is 3. The molecular formula is C38H42N2O4Si. The van der Waals surface area contributed by atoms with Crippen LogP contribution in [-0.2, 0) is 28.7 Å². The van der Waals surface area contributed by atoms with Crippen LogP contribution >= 0.6 is 0 Å². The molecule has 0 radical (unpaired) electrons. The smallest absolute Gasteiger partial charge is 0.330 e. The maximum Gasteiger partial charge on any atom is 0.330 e. The first-order valence-electron chi connectivity index (χ1n) is 15.3. The number of ether oxygens (including phenoxy) is 1. The molecule has 45 heavy (non-hydrogen) atoms. The quantitative estimate of drug-likeness (QED) is 0.157. The number of H-pyrrole nitrogens is 1. The Morgan fingerprint density at radius 1 is 0.822 bits per heavy atom. The van der Waals surface area contributed by atoms with E-state index < -0.39 is 14.0 Å². The topological polar surface area (TPSA) is 73.3 Å². The Bertz CT molecular complexity index is 1790. The van der Waals surface area contributed by atoms with Crippen LogP contribution in [0.25, 0.3) is 0 Å². The lowest BCUT2D eigenvalue weighted by molar-refractivity contribution is 0.0980. The molecule has 4 aromatic rings. The van der Waals surface area contributed by atoms with Crippen LogP contribution < -0.4 is 21.6 Å². The number of aryl methyl sites for hydroxylation is 2. The van der Waals surface area contributed by atoms with Crippen molar-refractivity contribution in [1.82, 2.24) is 9.55 Å². The second-order valence-corrected chi connectivity index (χ2v) is 16.5. The molecule has 1 N–H and O–H groups in total. The zero-order chi connectivity index (χ0) is 32.5. The molecule has 0 aliphatic rings. The number of aromatic nitrogens is 2. The molecule has 0 saturated heterocycles. The fraction of sp³-hybridized carbons (Fsp3) is 0.316. The van der Waals surface area contributed by atoms with E-state index in [9.17, 15) is 9.59 Å². The van der Waals surface area contributed by atoms with E-state index in [2.05, 4.69) is 116 Å². The molecule has 0 atom stereocenters. The van der Waals surface area contributed by atoms with Gasteiger partial charge in [-0.05, 0) is 53.1 Å². The summed E-state index contributed by atoms with van der Waals surface area (Å²) in [5.41, 5.74) is 3.69. The fourth-order valence-electron chi connectivity index (χ4n) is 5.98. The molecule has 0 spiro atoms. The lowest BCUT2D eigenvalue weighted by Gasteiger charge is -2.42. The molecule has 232 valence electrons. The molecule has 0 amide bonds. The molecule has 1 heterocycles. The van der Waals surface area contributed by atoms with Crippen LogP contribution in [0, 0.1) is 37.5 Å². The van der Waals surface area contributed by atoms with Gasteiger partial charge in [0.2, 0.25) is 0 Å². The zero-order valence-corrected chi connectivity index (χ0v) is 28.1. The van der Waals surface area contributed by atoms with Gasteiger partial charge in [0.15, 0.2) is 0 Å². The largest absolute Gasteiger partial charge is 0.396 e. The molecule has 6 nitrogen and oxygen atoms in total. The van der Waals surface area contributed by atoms with Gasteiger partial charge < -0.3 is 9.16 Å². The van der Waals surface area contributed by atoms with Gasteiger partial charge in [-0.1, -0.05) is 130 Å². The zero-order valence-electron chi connectivity index (χ0n) is 27.1. The molecule has 4 rings (SSSR count). The van der Waals surface area contributed by atoms with Crippen LogP contribution in [0.2, 0.25) is 5.04 Å². The molecular weight excluding hydrogens is 577 g/mol. The second-order valence-electron chi connectivity index (χ2n) is 12.2. The van der Waals surface area contributed by atoms with Crippen LogP contribution in [0.15, 0.2) is 88.5 Å². The third kappa shape index (κ3) is 8.01. The minimum absolute atomic E-state index is 0.0260. The van der Waals surface area contributed by atoms with E-state index in [-0.39, 0.29) is 30.5 Å². The molecule has 0 unspecified atom stereocenters. The highest BCUT2D eigenvalue weighted by Crippen LogP contribution is 2.36. The monoisotopic (exact) mass is 618 g/mol. The van der Waals surface area contributed by atoms with Crippen LogP contribution in [0.5, 0.6) is 0 Å². The summed E-state index contributed by atoms with van der Waals surface area (Å²) in [6.45, 7) is 13.0. The van der Waals surface area contributed by atoms with Gasteiger partial charge in [0, 0.05) is 17.7 Å². The van der Waals surface area contributed by atoms with Crippen LogP contribution in [0.3, 0.4) is 0 Å². The fourth-order valence-corrected chi connectivity index (χ4v) is 10.4. The second kappa shape index (κ2) is 15.1. The van der Waals surface area contributed by atoms with E-state index in [0.29, 0.717) is 24.1 Å². The van der Waals surface area contributed by atoms with Gasteiger partial charge in [-0.2, -0.15) is 0 Å². The van der Waals surface area contributed by atoms with E-state index in [0.717, 1.165) is 16.7 Å². The number of nitrogens with one attached hydrogen (secondary N) is 1. The molecule has 7 heteroatoms. The van der Waals surface area contributed by atoms with E-state index in [1.807, 2.05) is 32.9 Å². The predicted molar refractivity (Wildman–Crippen MR) is 184 cm³/mol. The van der Waals surface area contributed by atoms with E-state index in [4.69, 9.17) is 9.16 Å². The van der Waals surface area contributed by atoms with Crippen LogP contribution in [0.4, 0.5) is 0 Å². The maximum absolute atomic E-state index is 12.8. The summed E-state index contributed by atoms with van der Waals surface area (Å²) in [6, 6.07) is 27.1. The Balaban J connectivity index is 1.46. The Kier molecular flexibility index (Phi) is 11.2. The van der Waals surface area contributed by atoms with Crippen molar-refractivity contribution in [1.29, 1.82) is 0 Å². The highest BCUT2D eigenvalue weighted by atomic mass is 28.4. The van der Waals surface area contributed by atoms with Crippen LogP contribution in [-0.4, -0.2) is 31.1 Å². The van der Waals surface area contributed by atoms with Gasteiger partial charge >= 0.3 is 5.69 Å². The number of hydrogen-bond donors (Lipinski definition) is 1. The van der Waals surface area contributed by atoms with Crippen molar-refractivity contribution in [2.75, 3.05) is 13.2 Å². The summed E-state index contributed by atoms with van der Waals surface area (Å²) >= 11 is 0. The Morgan fingerprint density at radius 3 is 1.91 bits per heavy atom. The average Bonchev–Trinajstić information content (AvgIpc) is 2.99. The first-order chi connectivity index (χ1) is 21.6. The summed E-state index contributed by atoms with van der Waals surface area (Å²) in [7, 11) is -2.66. The molecule has 0 aliphatic carbocycles. The van der Waals surface area contributed by atoms with Gasteiger partial charge in [0.25, 0.3) is 13.9 Å². The van der Waals surface area contributed by atoms with Gasteiger partial charge in [0.05, 0.1) is 6.61 Å². The van der Waals surface area contributed by atoms with E-state index in [1.165, 1.54) is 14.9 Å². The molecule has 0 fully saturated rings. The summed E-state index contributed by atoms with van der Waals surface area (Å²) < 4.78 is 14.0. The van der Waals surface area contributed by atoms with Crippen LogP contribution in [0.1, 0.15) is 55.6 Å². The van der Waals surface area contributed by atoms with Crippen molar-refractivity contribution in [2.24, 2.45) is 0 Å². The van der Waals surface area contributed by atoms with Crippen molar-refractivity contribution < 1.29 is 9.16 Å². The Labute approximate surface area is 267 Å². The predicted octanol–water partition coefficient (Wildman–Crippen LogP) is 4.86. The molecule has 3 aromatic carbocycles. The third-order valence-corrected chi connectivity index (χ3v) is 12.8. The average molecular weight is 619 g/mol. The number of rotatable bonds is 10. The van der Waals surface area contributed by atoms with E-state index >= 15 is 0 Å². The van der Waals surface area contributed by atoms with Crippen molar-refractivity contribution in [2.45, 2.75) is 66.2 Å². The highest BCUT2D eigenvalue weighted by Gasteiger charge is 2.50. The SMILES string of the molecule is CCc1c(Cc2cc(C)cc(C)c2)n(COCC#CC#CCO[Si](c2ccccc2)(c2ccccc2)C(C)(C)C)c(=O)[nH]c1=O. The summed E-state index contributed by atoms with van der Waals surface area (Å²) in [4.78, 5) is 27.8. The van der Waals surface area contributed by atoms with E-state index in [1.54, 1.807) is 0 Å². The normalized spacial score (nSPS) is 11.3. The number of nitrogens with zero attached hydrogens (tertiary/aromatic N) is 1. The minimum Gasteiger partial charge on any atom is -0.396 e. The first kappa shape index (κ1) is 33.5. The first-order valence-corrected chi connectivity index (χ1v) is 17.2. The summed E-state index contributed by atoms with van der Waals surface area (Å²) in [5, 5.41) is 2.27. The van der Waals surface area contributed by atoms with Gasteiger partial charge in [-0.15, -0.1) is 0 Å².